The van der Waals surface area contributed by atoms with Crippen LogP contribution in [0.25, 0.3) is 0 Å². The molecule has 1 rings (SSSR count). The van der Waals surface area contributed by atoms with Crippen molar-refractivity contribution in [2.45, 2.75) is 81.0 Å². The molecule has 1 saturated heterocycles. The van der Waals surface area contributed by atoms with Crippen LogP contribution in [0.1, 0.15) is 65.2 Å². The molecule has 0 bridgehead atoms. The monoisotopic (exact) mass is 354 g/mol. The van der Waals surface area contributed by atoms with Gasteiger partial charge in [-0.05, 0) is 32.6 Å². The third-order valence-electron chi connectivity index (χ3n) is 3.59. The molecule has 0 spiro atoms. The van der Waals surface area contributed by atoms with E-state index in [2.05, 4.69) is 36.4 Å². The van der Waals surface area contributed by atoms with Crippen LogP contribution in [0.5, 0.6) is 0 Å². The van der Waals surface area contributed by atoms with Crippen LogP contribution in [-0.2, 0) is 9.47 Å². The second-order valence-electron chi connectivity index (χ2n) is 5.35. The van der Waals surface area contributed by atoms with Gasteiger partial charge in [0.15, 0.2) is 6.29 Å². The molecule has 1 aliphatic rings. The maximum absolute atomic E-state index is 6.13. The van der Waals surface area contributed by atoms with Gasteiger partial charge >= 0.3 is 0 Å². The Balaban J connectivity index is 2.36. The molecule has 0 aromatic heterocycles. The van der Waals surface area contributed by atoms with Gasteiger partial charge < -0.3 is 9.47 Å². The van der Waals surface area contributed by atoms with Gasteiger partial charge in [-0.25, -0.2) is 0 Å². The number of unbranched alkanes of at least 4 members (excludes halogenated alkanes) is 3. The molecule has 3 heteroatoms. The van der Waals surface area contributed by atoms with Crippen LogP contribution >= 0.6 is 22.6 Å². The minimum atomic E-state index is -0.0400. The first-order valence-electron chi connectivity index (χ1n) is 6.97. The van der Waals surface area contributed by atoms with Gasteiger partial charge in [0.05, 0.1) is 9.53 Å². The highest BCUT2D eigenvalue weighted by Gasteiger charge is 2.36. The zero-order valence-corrected chi connectivity index (χ0v) is 13.7. The second-order valence-corrected chi connectivity index (χ2v) is 7.81. The Morgan fingerprint density at radius 2 is 2.12 bits per heavy atom. The van der Waals surface area contributed by atoms with E-state index in [-0.39, 0.29) is 9.71 Å². The van der Waals surface area contributed by atoms with Crippen molar-refractivity contribution in [1.82, 2.24) is 0 Å². The fourth-order valence-electron chi connectivity index (χ4n) is 2.49. The normalized spacial score (nSPS) is 34.6. The highest BCUT2D eigenvalue weighted by atomic mass is 127. The summed E-state index contributed by atoms with van der Waals surface area (Å²) in [5, 5.41) is 0. The number of hydrogen-bond donors (Lipinski definition) is 0. The van der Waals surface area contributed by atoms with E-state index < -0.39 is 0 Å². The molecule has 1 fully saturated rings. The SMILES string of the molecule is CCCCCC[C@H]1CCCC(C)(I)[C@H](OC)O1. The summed E-state index contributed by atoms with van der Waals surface area (Å²) in [4.78, 5) is 0. The predicted octanol–water partition coefficient (Wildman–Crippen LogP) is 4.69. The number of methoxy groups -OCH3 is 1. The molecule has 0 N–H and O–H groups in total. The molecule has 2 nitrogen and oxygen atoms in total. The molecule has 17 heavy (non-hydrogen) atoms. The Kier molecular flexibility index (Phi) is 7.34. The molecule has 1 unspecified atom stereocenters. The zero-order valence-electron chi connectivity index (χ0n) is 11.5. The first kappa shape index (κ1) is 15.7. The minimum Gasteiger partial charge on any atom is -0.354 e. The number of alkyl halides is 1. The third-order valence-corrected chi connectivity index (χ3v) is 4.64. The van der Waals surface area contributed by atoms with Crippen molar-refractivity contribution in [1.29, 1.82) is 0 Å². The molecule has 3 atom stereocenters. The van der Waals surface area contributed by atoms with Gasteiger partial charge in [0, 0.05) is 7.11 Å². The average Bonchev–Trinajstić information content (AvgIpc) is 2.43. The van der Waals surface area contributed by atoms with Crippen LogP contribution in [0.4, 0.5) is 0 Å². The highest BCUT2D eigenvalue weighted by Crippen LogP contribution is 2.36. The summed E-state index contributed by atoms with van der Waals surface area (Å²) in [5.41, 5.74) is 0. The predicted molar refractivity (Wildman–Crippen MR) is 80.7 cm³/mol. The van der Waals surface area contributed by atoms with Crippen LogP contribution in [0.3, 0.4) is 0 Å². The Bertz CT molecular complexity index is 206. The summed E-state index contributed by atoms with van der Waals surface area (Å²) >= 11 is 2.49. The first-order valence-corrected chi connectivity index (χ1v) is 8.05. The quantitative estimate of drug-likeness (QED) is 0.391. The van der Waals surface area contributed by atoms with Gasteiger partial charge in [-0.2, -0.15) is 0 Å². The van der Waals surface area contributed by atoms with E-state index in [1.165, 1.54) is 51.4 Å². The molecule has 0 saturated carbocycles. The van der Waals surface area contributed by atoms with Gasteiger partial charge in [0.1, 0.15) is 0 Å². The summed E-state index contributed by atoms with van der Waals surface area (Å²) < 4.78 is 11.8. The van der Waals surface area contributed by atoms with Gasteiger partial charge in [0.25, 0.3) is 0 Å². The molecular formula is C14H27IO2. The van der Waals surface area contributed by atoms with Crippen LogP contribution in [0.2, 0.25) is 0 Å². The largest absolute Gasteiger partial charge is 0.354 e. The molecule has 0 aromatic rings. The maximum Gasteiger partial charge on any atom is 0.171 e. The molecule has 0 amide bonds. The first-order chi connectivity index (χ1) is 8.10. The van der Waals surface area contributed by atoms with Gasteiger partial charge in [0.2, 0.25) is 0 Å². The number of ether oxygens (including phenoxy) is 2. The minimum absolute atomic E-state index is 0.0400. The summed E-state index contributed by atoms with van der Waals surface area (Å²) in [5.74, 6) is 0. The van der Waals surface area contributed by atoms with Crippen molar-refractivity contribution < 1.29 is 9.47 Å². The van der Waals surface area contributed by atoms with Crippen molar-refractivity contribution in [3.8, 4) is 0 Å². The van der Waals surface area contributed by atoms with Crippen molar-refractivity contribution in [3.63, 3.8) is 0 Å². The average molecular weight is 354 g/mol. The van der Waals surface area contributed by atoms with Crippen molar-refractivity contribution in [2.24, 2.45) is 0 Å². The molecule has 102 valence electrons. The topological polar surface area (TPSA) is 18.5 Å². The van der Waals surface area contributed by atoms with Crippen molar-refractivity contribution in [3.05, 3.63) is 0 Å². The zero-order chi connectivity index (χ0) is 12.7. The van der Waals surface area contributed by atoms with Crippen molar-refractivity contribution in [2.75, 3.05) is 7.11 Å². The Morgan fingerprint density at radius 1 is 1.35 bits per heavy atom. The number of rotatable bonds is 6. The molecule has 0 aromatic carbocycles. The standard InChI is InChI=1S/C14H27IO2/c1-4-5-6-7-9-12-10-8-11-14(2,15)13(16-3)17-12/h12-13H,4-11H2,1-3H3/t12-,13+,14?/m0/s1. The van der Waals surface area contributed by atoms with Crippen LogP contribution in [0, 0.1) is 0 Å². The molecular weight excluding hydrogens is 327 g/mol. The fourth-order valence-corrected chi connectivity index (χ4v) is 3.27. The second kappa shape index (κ2) is 7.95. The van der Waals surface area contributed by atoms with Crippen molar-refractivity contribution >= 4 is 22.6 Å². The van der Waals surface area contributed by atoms with Gasteiger partial charge in [-0.1, -0.05) is 55.2 Å². The third kappa shape index (κ3) is 5.43. The summed E-state index contributed by atoms with van der Waals surface area (Å²) in [6.07, 6.45) is 10.5. The maximum atomic E-state index is 6.13. The summed E-state index contributed by atoms with van der Waals surface area (Å²) in [7, 11) is 1.76. The lowest BCUT2D eigenvalue weighted by Gasteiger charge is -2.30. The summed E-state index contributed by atoms with van der Waals surface area (Å²) in [6, 6.07) is 0. The van der Waals surface area contributed by atoms with Gasteiger partial charge in [-0.15, -0.1) is 0 Å². The Labute approximate surface area is 120 Å². The van der Waals surface area contributed by atoms with E-state index in [4.69, 9.17) is 9.47 Å². The fraction of sp³-hybridized carbons (Fsp3) is 1.00. The lowest BCUT2D eigenvalue weighted by atomic mass is 10.0. The Hall–Kier alpha value is 0.650. The van der Waals surface area contributed by atoms with E-state index in [9.17, 15) is 0 Å². The van der Waals surface area contributed by atoms with E-state index in [0.29, 0.717) is 6.10 Å². The van der Waals surface area contributed by atoms with Crippen LogP contribution in [0.15, 0.2) is 0 Å². The number of hydrogen-bond acceptors (Lipinski definition) is 2. The smallest absolute Gasteiger partial charge is 0.171 e. The van der Waals surface area contributed by atoms with Gasteiger partial charge in [-0.3, -0.25) is 0 Å². The molecule has 0 radical (unpaired) electrons. The van der Waals surface area contributed by atoms with E-state index in [1.54, 1.807) is 7.11 Å². The molecule has 0 aliphatic carbocycles. The number of halogens is 1. The van der Waals surface area contributed by atoms with Crippen LogP contribution < -0.4 is 0 Å². The lowest BCUT2D eigenvalue weighted by molar-refractivity contribution is -0.163. The summed E-state index contributed by atoms with van der Waals surface area (Å²) in [6.45, 7) is 4.49. The lowest BCUT2D eigenvalue weighted by Crippen LogP contribution is -2.37. The van der Waals surface area contributed by atoms with E-state index >= 15 is 0 Å². The van der Waals surface area contributed by atoms with Crippen LogP contribution in [-0.4, -0.2) is 22.9 Å². The molecule has 1 heterocycles. The molecule has 1 aliphatic heterocycles. The Morgan fingerprint density at radius 3 is 2.76 bits per heavy atom. The van der Waals surface area contributed by atoms with E-state index in [0.717, 1.165) is 0 Å². The van der Waals surface area contributed by atoms with E-state index in [1.807, 2.05) is 0 Å². The highest BCUT2D eigenvalue weighted by molar-refractivity contribution is 14.1.